The van der Waals surface area contributed by atoms with Gasteiger partial charge in [-0.15, -0.1) is 0 Å². The van der Waals surface area contributed by atoms with E-state index in [-0.39, 0.29) is 5.91 Å². The second-order valence-corrected chi connectivity index (χ2v) is 10.3. The van der Waals surface area contributed by atoms with E-state index in [1.165, 1.54) is 0 Å². The zero-order valence-corrected chi connectivity index (χ0v) is 19.8. The number of nitrogens with zero attached hydrogens (tertiary/aromatic N) is 5. The van der Waals surface area contributed by atoms with Gasteiger partial charge in [-0.05, 0) is 36.8 Å². The van der Waals surface area contributed by atoms with Gasteiger partial charge in [0, 0.05) is 52.9 Å². The van der Waals surface area contributed by atoms with Gasteiger partial charge >= 0.3 is 0 Å². The second-order valence-electron chi connectivity index (χ2n) is 8.44. The molecular formula is C23H29N5O3S. The molecule has 8 nitrogen and oxygen atoms in total. The lowest BCUT2D eigenvalue weighted by atomic mass is 10.2. The molecule has 1 amide bonds. The molecule has 0 atom stereocenters. The van der Waals surface area contributed by atoms with Gasteiger partial charge in [0.1, 0.15) is 5.82 Å². The number of piperazine rings is 1. The molecule has 1 aromatic heterocycles. The highest BCUT2D eigenvalue weighted by Crippen LogP contribution is 2.22. The monoisotopic (exact) mass is 455 g/mol. The Balaban J connectivity index is 1.47. The van der Waals surface area contributed by atoms with Crippen molar-refractivity contribution in [2.24, 2.45) is 7.05 Å². The van der Waals surface area contributed by atoms with E-state index in [4.69, 9.17) is 4.98 Å². The minimum atomic E-state index is -3.49. The van der Waals surface area contributed by atoms with Crippen LogP contribution in [0.1, 0.15) is 21.7 Å². The highest BCUT2D eigenvalue weighted by molar-refractivity contribution is 7.89. The summed E-state index contributed by atoms with van der Waals surface area (Å²) < 4.78 is 29.7. The summed E-state index contributed by atoms with van der Waals surface area (Å²) in [6, 6.07) is 12.7. The van der Waals surface area contributed by atoms with Crippen molar-refractivity contribution >= 4 is 27.0 Å². The predicted molar refractivity (Wildman–Crippen MR) is 124 cm³/mol. The van der Waals surface area contributed by atoms with Gasteiger partial charge in [-0.3, -0.25) is 9.69 Å². The van der Waals surface area contributed by atoms with Crippen molar-refractivity contribution in [3.8, 4) is 0 Å². The first-order valence-corrected chi connectivity index (χ1v) is 12.1. The van der Waals surface area contributed by atoms with Crippen LogP contribution in [0.15, 0.2) is 47.4 Å². The summed E-state index contributed by atoms with van der Waals surface area (Å²) in [6.07, 6.45) is 0. The molecule has 0 unspecified atom stereocenters. The van der Waals surface area contributed by atoms with Crippen LogP contribution < -0.4 is 0 Å². The van der Waals surface area contributed by atoms with Crippen LogP contribution in [-0.4, -0.2) is 78.3 Å². The van der Waals surface area contributed by atoms with Gasteiger partial charge in [0.25, 0.3) is 5.91 Å². The van der Waals surface area contributed by atoms with Crippen LogP contribution in [0, 0.1) is 6.92 Å². The molecule has 9 heteroatoms. The van der Waals surface area contributed by atoms with Crippen molar-refractivity contribution in [2.45, 2.75) is 18.4 Å². The first-order valence-electron chi connectivity index (χ1n) is 10.6. The number of imidazole rings is 1. The Morgan fingerprint density at radius 3 is 2.41 bits per heavy atom. The summed E-state index contributed by atoms with van der Waals surface area (Å²) in [5.41, 5.74) is 3.14. The number of carbonyl (C=O) groups is 1. The molecule has 32 heavy (non-hydrogen) atoms. The second kappa shape index (κ2) is 8.65. The molecule has 2 heterocycles. The molecule has 1 fully saturated rings. The lowest BCUT2D eigenvalue weighted by Gasteiger charge is -2.34. The summed E-state index contributed by atoms with van der Waals surface area (Å²) in [5, 5.41) is 0. The molecule has 4 rings (SSSR count). The Bertz CT molecular complexity index is 1260. The summed E-state index contributed by atoms with van der Waals surface area (Å²) in [7, 11) is 1.94. The van der Waals surface area contributed by atoms with Gasteiger partial charge in [-0.1, -0.05) is 18.2 Å². The van der Waals surface area contributed by atoms with Crippen molar-refractivity contribution in [1.29, 1.82) is 0 Å². The molecule has 3 aromatic rings. The van der Waals surface area contributed by atoms with Gasteiger partial charge in [0.05, 0.1) is 22.5 Å². The van der Waals surface area contributed by atoms with E-state index in [0.717, 1.165) is 22.4 Å². The number of hydrogen-bond donors (Lipinski definition) is 0. The Morgan fingerprint density at radius 1 is 1.06 bits per heavy atom. The van der Waals surface area contributed by atoms with Crippen molar-refractivity contribution in [3.05, 3.63) is 59.4 Å². The third kappa shape index (κ3) is 4.15. The highest BCUT2D eigenvalue weighted by atomic mass is 32.2. The standard InChI is InChI=1S/C23H29N5O3S/c1-17-7-5-6-8-21(17)32(30,31)28-13-11-27(12-14-28)16-22-24-19-15-18(23(29)25(2)3)9-10-20(19)26(22)4/h5-10,15H,11-14,16H2,1-4H3. The number of rotatable bonds is 5. The van der Waals surface area contributed by atoms with Crippen LogP contribution >= 0.6 is 0 Å². The minimum Gasteiger partial charge on any atom is -0.345 e. The van der Waals surface area contributed by atoms with E-state index in [0.29, 0.717) is 43.2 Å². The molecule has 0 radical (unpaired) electrons. The molecular weight excluding hydrogens is 426 g/mol. The zero-order valence-electron chi connectivity index (χ0n) is 18.9. The van der Waals surface area contributed by atoms with Crippen LogP contribution in [0.4, 0.5) is 0 Å². The molecule has 0 aliphatic carbocycles. The van der Waals surface area contributed by atoms with Gasteiger partial charge in [-0.25, -0.2) is 13.4 Å². The summed E-state index contributed by atoms with van der Waals surface area (Å²) in [5.74, 6) is 0.842. The third-order valence-corrected chi connectivity index (χ3v) is 8.09. The van der Waals surface area contributed by atoms with E-state index in [9.17, 15) is 13.2 Å². The van der Waals surface area contributed by atoms with Gasteiger partial charge < -0.3 is 9.47 Å². The lowest BCUT2D eigenvalue weighted by molar-refractivity contribution is 0.0827. The molecule has 0 N–H and O–H groups in total. The van der Waals surface area contributed by atoms with E-state index >= 15 is 0 Å². The Morgan fingerprint density at radius 2 is 1.75 bits per heavy atom. The fourth-order valence-corrected chi connectivity index (χ4v) is 5.74. The summed E-state index contributed by atoms with van der Waals surface area (Å²) in [4.78, 5) is 21.2. The number of amides is 1. The van der Waals surface area contributed by atoms with Crippen LogP contribution in [-0.2, 0) is 23.6 Å². The number of benzene rings is 2. The Labute approximate surface area is 189 Å². The van der Waals surface area contributed by atoms with E-state index in [1.54, 1.807) is 35.4 Å². The molecule has 2 aromatic carbocycles. The largest absolute Gasteiger partial charge is 0.345 e. The van der Waals surface area contributed by atoms with Crippen molar-refractivity contribution in [2.75, 3.05) is 40.3 Å². The maximum absolute atomic E-state index is 13.0. The number of aryl methyl sites for hydroxylation is 2. The molecule has 1 aliphatic heterocycles. The molecule has 1 aliphatic rings. The summed E-state index contributed by atoms with van der Waals surface area (Å²) >= 11 is 0. The minimum absolute atomic E-state index is 0.0508. The van der Waals surface area contributed by atoms with Crippen molar-refractivity contribution in [1.82, 2.24) is 23.7 Å². The molecule has 0 saturated carbocycles. The fourth-order valence-electron chi connectivity index (χ4n) is 4.10. The smallest absolute Gasteiger partial charge is 0.253 e. The van der Waals surface area contributed by atoms with Crippen LogP contribution in [0.25, 0.3) is 11.0 Å². The zero-order chi connectivity index (χ0) is 23.0. The van der Waals surface area contributed by atoms with Gasteiger partial charge in [0.2, 0.25) is 10.0 Å². The molecule has 0 spiro atoms. The summed E-state index contributed by atoms with van der Waals surface area (Å²) in [6.45, 7) is 4.62. The van der Waals surface area contributed by atoms with Gasteiger partial charge in [-0.2, -0.15) is 4.31 Å². The van der Waals surface area contributed by atoms with E-state index in [2.05, 4.69) is 4.90 Å². The number of aromatic nitrogens is 2. The third-order valence-electron chi connectivity index (χ3n) is 6.03. The molecule has 1 saturated heterocycles. The van der Waals surface area contributed by atoms with Crippen molar-refractivity contribution in [3.63, 3.8) is 0 Å². The lowest BCUT2D eigenvalue weighted by Crippen LogP contribution is -2.48. The molecule has 0 bridgehead atoms. The molecule has 170 valence electrons. The number of fused-ring (bicyclic) bond motifs is 1. The number of carbonyl (C=O) groups excluding carboxylic acids is 1. The average Bonchev–Trinajstić information content (AvgIpc) is 3.08. The maximum atomic E-state index is 13.0. The fraction of sp³-hybridized carbons (Fsp3) is 0.391. The highest BCUT2D eigenvalue weighted by Gasteiger charge is 2.29. The van der Waals surface area contributed by atoms with Crippen LogP contribution in [0.3, 0.4) is 0 Å². The number of sulfonamides is 1. The topological polar surface area (TPSA) is 78.8 Å². The average molecular weight is 456 g/mol. The maximum Gasteiger partial charge on any atom is 0.253 e. The van der Waals surface area contributed by atoms with Crippen molar-refractivity contribution < 1.29 is 13.2 Å². The quantitative estimate of drug-likeness (QED) is 0.589. The van der Waals surface area contributed by atoms with E-state index < -0.39 is 10.0 Å². The normalized spacial score (nSPS) is 15.9. The number of hydrogen-bond acceptors (Lipinski definition) is 5. The predicted octanol–water partition coefficient (Wildman–Crippen LogP) is 2.09. The van der Waals surface area contributed by atoms with Crippen LogP contribution in [0.2, 0.25) is 0 Å². The van der Waals surface area contributed by atoms with Gasteiger partial charge in [0.15, 0.2) is 0 Å². The van der Waals surface area contributed by atoms with E-state index in [1.807, 2.05) is 48.9 Å². The van der Waals surface area contributed by atoms with Crippen LogP contribution in [0.5, 0.6) is 0 Å². The Hall–Kier alpha value is -2.75. The SMILES string of the molecule is Cc1ccccc1S(=O)(=O)N1CCN(Cc2nc3cc(C(=O)N(C)C)ccc3n2C)CC1. The first-order chi connectivity index (χ1) is 15.2. The Kier molecular flexibility index (Phi) is 6.07. The first kappa shape index (κ1) is 22.4.